The van der Waals surface area contributed by atoms with Gasteiger partial charge < -0.3 is 4.74 Å². The van der Waals surface area contributed by atoms with Crippen molar-refractivity contribution in [1.29, 1.82) is 0 Å². The lowest BCUT2D eigenvalue weighted by atomic mass is 9.47. The SMILES string of the molecule is CCCC/C=C\CCCCCCCC(=O)O[C@H]1CC[C@@]2(C)C(=CC[C@@H]3[C@@H]2CC[C@]2(C)C([C@H](C)CCCC(C)C)CC[C@@H]32)C1. The molecule has 1 unspecified atom stereocenters. The van der Waals surface area contributed by atoms with E-state index >= 15 is 0 Å². The molecule has 43 heavy (non-hydrogen) atoms. The molecule has 3 fully saturated rings. The van der Waals surface area contributed by atoms with Crippen molar-refractivity contribution in [1.82, 2.24) is 0 Å². The summed E-state index contributed by atoms with van der Waals surface area (Å²) in [5, 5.41) is 0. The Morgan fingerprint density at radius 3 is 2.40 bits per heavy atom. The van der Waals surface area contributed by atoms with Gasteiger partial charge in [0.2, 0.25) is 0 Å². The zero-order valence-electron chi connectivity index (χ0n) is 29.4. The van der Waals surface area contributed by atoms with E-state index in [-0.39, 0.29) is 12.1 Å². The molecule has 2 nitrogen and oxygen atoms in total. The second-order valence-electron chi connectivity index (χ2n) is 16.6. The summed E-state index contributed by atoms with van der Waals surface area (Å²) in [5.41, 5.74) is 2.53. The van der Waals surface area contributed by atoms with Gasteiger partial charge in [0, 0.05) is 12.8 Å². The number of hydrogen-bond acceptors (Lipinski definition) is 2. The van der Waals surface area contributed by atoms with E-state index in [0.29, 0.717) is 17.3 Å². The Hall–Kier alpha value is -1.05. The molecule has 0 saturated heterocycles. The summed E-state index contributed by atoms with van der Waals surface area (Å²) in [6.45, 7) is 14.9. The lowest BCUT2D eigenvalue weighted by molar-refractivity contribution is -0.151. The first-order valence-electron chi connectivity index (χ1n) is 19.2. The zero-order valence-corrected chi connectivity index (χ0v) is 29.4. The largest absolute Gasteiger partial charge is 0.462 e. The number of hydrogen-bond donors (Lipinski definition) is 0. The van der Waals surface area contributed by atoms with Gasteiger partial charge in [-0.3, -0.25) is 4.79 Å². The Labute approximate surface area is 267 Å². The van der Waals surface area contributed by atoms with Crippen molar-refractivity contribution in [2.24, 2.45) is 46.3 Å². The molecule has 2 heteroatoms. The van der Waals surface area contributed by atoms with Crippen LogP contribution in [-0.2, 0) is 9.53 Å². The van der Waals surface area contributed by atoms with Gasteiger partial charge in [0.25, 0.3) is 0 Å². The minimum absolute atomic E-state index is 0.0506. The molecular weight excluding hydrogens is 524 g/mol. The number of unbranched alkanes of at least 4 members (excludes halogenated alkanes) is 7. The summed E-state index contributed by atoms with van der Waals surface area (Å²) >= 11 is 0. The van der Waals surface area contributed by atoms with Crippen LogP contribution in [0.3, 0.4) is 0 Å². The number of carbonyl (C=O) groups excluding carboxylic acids is 1. The smallest absolute Gasteiger partial charge is 0.306 e. The third-order valence-corrected chi connectivity index (χ3v) is 13.2. The molecule has 0 N–H and O–H groups in total. The normalized spacial score (nSPS) is 34.5. The van der Waals surface area contributed by atoms with Gasteiger partial charge in [-0.2, -0.15) is 0 Å². The Morgan fingerprint density at radius 1 is 0.884 bits per heavy atom. The van der Waals surface area contributed by atoms with Crippen molar-refractivity contribution in [3.63, 3.8) is 0 Å². The summed E-state index contributed by atoms with van der Waals surface area (Å²) < 4.78 is 6.10. The highest BCUT2D eigenvalue weighted by Crippen LogP contribution is 2.67. The topological polar surface area (TPSA) is 26.3 Å². The average Bonchev–Trinajstić information content (AvgIpc) is 3.33. The molecule has 8 atom stereocenters. The van der Waals surface area contributed by atoms with Crippen LogP contribution in [-0.4, -0.2) is 12.1 Å². The second-order valence-corrected chi connectivity index (χ2v) is 16.6. The van der Waals surface area contributed by atoms with Gasteiger partial charge in [-0.25, -0.2) is 0 Å². The molecule has 0 aromatic rings. The molecule has 0 bridgehead atoms. The van der Waals surface area contributed by atoms with Gasteiger partial charge in [-0.1, -0.05) is 117 Å². The van der Waals surface area contributed by atoms with Gasteiger partial charge in [-0.05, 0) is 117 Å². The molecule has 4 aliphatic carbocycles. The van der Waals surface area contributed by atoms with Crippen LogP contribution in [0.4, 0.5) is 0 Å². The van der Waals surface area contributed by atoms with E-state index in [2.05, 4.69) is 59.8 Å². The van der Waals surface area contributed by atoms with Gasteiger partial charge in [0.05, 0.1) is 0 Å². The number of allylic oxidation sites excluding steroid dienone is 3. The predicted octanol–water partition coefficient (Wildman–Crippen LogP) is 12.4. The first kappa shape index (κ1) is 34.8. The fourth-order valence-electron chi connectivity index (χ4n) is 10.6. The molecule has 4 aliphatic rings. The Bertz CT molecular complexity index is 915. The van der Waals surface area contributed by atoms with E-state index in [1.165, 1.54) is 103 Å². The molecule has 246 valence electrons. The van der Waals surface area contributed by atoms with Gasteiger partial charge in [0.1, 0.15) is 6.10 Å². The minimum Gasteiger partial charge on any atom is -0.462 e. The molecule has 0 aromatic carbocycles. The molecule has 4 rings (SSSR count). The summed E-state index contributed by atoms with van der Waals surface area (Å²) in [6.07, 6.45) is 33.6. The number of rotatable bonds is 17. The zero-order chi connectivity index (χ0) is 30.9. The summed E-state index contributed by atoms with van der Waals surface area (Å²) in [7, 11) is 0. The van der Waals surface area contributed by atoms with Crippen LogP contribution >= 0.6 is 0 Å². The minimum atomic E-state index is 0.0506. The van der Waals surface area contributed by atoms with Gasteiger partial charge >= 0.3 is 5.97 Å². The maximum atomic E-state index is 12.7. The summed E-state index contributed by atoms with van der Waals surface area (Å²) in [5.74, 6) is 5.32. The third-order valence-electron chi connectivity index (χ3n) is 13.2. The Kier molecular flexibility index (Phi) is 13.4. The first-order chi connectivity index (χ1) is 20.7. The quantitative estimate of drug-likeness (QED) is 0.0951. The van der Waals surface area contributed by atoms with Crippen molar-refractivity contribution in [3.05, 3.63) is 23.8 Å². The van der Waals surface area contributed by atoms with Crippen molar-refractivity contribution in [2.75, 3.05) is 0 Å². The fourth-order valence-corrected chi connectivity index (χ4v) is 10.6. The molecule has 3 saturated carbocycles. The molecule has 0 spiro atoms. The maximum absolute atomic E-state index is 12.7. The number of carbonyl (C=O) groups is 1. The van der Waals surface area contributed by atoms with Gasteiger partial charge in [-0.15, -0.1) is 0 Å². The number of fused-ring (bicyclic) bond motifs is 5. The van der Waals surface area contributed by atoms with E-state index < -0.39 is 0 Å². The van der Waals surface area contributed by atoms with Crippen LogP contribution in [0.5, 0.6) is 0 Å². The van der Waals surface area contributed by atoms with Crippen LogP contribution in [0.15, 0.2) is 23.8 Å². The van der Waals surface area contributed by atoms with E-state index in [0.717, 1.165) is 61.2 Å². The highest BCUT2D eigenvalue weighted by atomic mass is 16.5. The summed E-state index contributed by atoms with van der Waals surface area (Å²) in [4.78, 5) is 12.7. The summed E-state index contributed by atoms with van der Waals surface area (Å²) in [6, 6.07) is 0. The Morgan fingerprint density at radius 2 is 1.63 bits per heavy atom. The second kappa shape index (κ2) is 16.5. The predicted molar refractivity (Wildman–Crippen MR) is 184 cm³/mol. The van der Waals surface area contributed by atoms with E-state index in [1.807, 2.05) is 0 Å². The van der Waals surface area contributed by atoms with Crippen LogP contribution < -0.4 is 0 Å². The monoisotopic (exact) mass is 595 g/mol. The van der Waals surface area contributed by atoms with E-state index in [1.54, 1.807) is 5.57 Å². The first-order valence-corrected chi connectivity index (χ1v) is 19.2. The average molecular weight is 595 g/mol. The molecular formula is C41H70O2. The lowest BCUT2D eigenvalue weighted by Gasteiger charge is -2.58. The Balaban J connectivity index is 1.20. The van der Waals surface area contributed by atoms with Crippen molar-refractivity contribution in [3.8, 4) is 0 Å². The molecule has 0 amide bonds. The standard InChI is InChI=1S/C41H70O2/c1-7-8-9-10-11-12-13-14-15-16-17-21-39(42)43-34-26-28-40(5)33(30-34)22-23-35-37-25-24-36(32(4)20-18-19-31(2)3)41(37,6)29-27-38(35)40/h10-11,22,31-32,34-38H,7-9,12-21,23-30H2,1-6H3/b11-10-/t32-,34+,35+,36?,37+,38+,40+,41-/m1/s1. The van der Waals surface area contributed by atoms with Crippen LogP contribution in [0.2, 0.25) is 0 Å². The molecule has 0 radical (unpaired) electrons. The van der Waals surface area contributed by atoms with Gasteiger partial charge in [0.15, 0.2) is 0 Å². The maximum Gasteiger partial charge on any atom is 0.306 e. The number of esters is 1. The molecule has 0 aliphatic heterocycles. The third kappa shape index (κ3) is 8.82. The highest BCUT2D eigenvalue weighted by Gasteiger charge is 2.59. The lowest BCUT2D eigenvalue weighted by Crippen LogP contribution is -2.51. The van der Waals surface area contributed by atoms with Crippen LogP contribution in [0.1, 0.15) is 176 Å². The van der Waals surface area contributed by atoms with Crippen LogP contribution in [0, 0.1) is 46.3 Å². The fraction of sp³-hybridized carbons (Fsp3) is 0.878. The van der Waals surface area contributed by atoms with Crippen LogP contribution in [0.25, 0.3) is 0 Å². The number of ether oxygens (including phenoxy) is 1. The van der Waals surface area contributed by atoms with Crippen molar-refractivity contribution in [2.45, 2.75) is 182 Å². The van der Waals surface area contributed by atoms with E-state index in [4.69, 9.17) is 4.74 Å². The molecule has 0 aromatic heterocycles. The van der Waals surface area contributed by atoms with Crippen molar-refractivity contribution < 1.29 is 9.53 Å². The molecule has 0 heterocycles. The van der Waals surface area contributed by atoms with E-state index in [9.17, 15) is 4.79 Å². The highest BCUT2D eigenvalue weighted by molar-refractivity contribution is 5.69. The van der Waals surface area contributed by atoms with Crippen molar-refractivity contribution >= 4 is 5.97 Å².